The standard InChI is InChI=1S/C26H33NO3/c1-3-27(24-12-13-25-22(18-24)15-16-30-25)23-11-10-21(17-23)20-8-5-19(6-9-20)7-14-26(28)29-4-2/h5-6,8-9,12-13,18,21,23H,3-4,7,10-11,14-17H2,1-2H3. The van der Waals surface area contributed by atoms with Gasteiger partial charge in [-0.3, -0.25) is 4.79 Å². The highest BCUT2D eigenvalue weighted by Gasteiger charge is 2.30. The summed E-state index contributed by atoms with van der Waals surface area (Å²) in [7, 11) is 0. The number of carbonyl (C=O) groups is 1. The van der Waals surface area contributed by atoms with Gasteiger partial charge in [-0.2, -0.15) is 0 Å². The van der Waals surface area contributed by atoms with Crippen molar-refractivity contribution in [3.05, 3.63) is 59.2 Å². The van der Waals surface area contributed by atoms with Crippen molar-refractivity contribution < 1.29 is 14.3 Å². The lowest BCUT2D eigenvalue weighted by Gasteiger charge is -2.30. The van der Waals surface area contributed by atoms with E-state index in [2.05, 4.69) is 54.3 Å². The molecule has 30 heavy (non-hydrogen) atoms. The molecule has 4 nitrogen and oxygen atoms in total. The molecular formula is C26H33NO3. The first-order valence-electron chi connectivity index (χ1n) is 11.4. The molecule has 0 bridgehead atoms. The molecule has 2 aliphatic rings. The van der Waals surface area contributed by atoms with Gasteiger partial charge in [0.15, 0.2) is 0 Å². The normalized spacial score (nSPS) is 19.9. The van der Waals surface area contributed by atoms with Crippen LogP contribution in [0.3, 0.4) is 0 Å². The van der Waals surface area contributed by atoms with Crippen LogP contribution < -0.4 is 9.64 Å². The molecule has 0 spiro atoms. The molecule has 2 aromatic rings. The third-order valence-corrected chi connectivity index (χ3v) is 6.57. The van der Waals surface area contributed by atoms with Crippen molar-refractivity contribution in [2.24, 2.45) is 0 Å². The lowest BCUT2D eigenvalue weighted by molar-refractivity contribution is -0.143. The summed E-state index contributed by atoms with van der Waals surface area (Å²) >= 11 is 0. The van der Waals surface area contributed by atoms with E-state index >= 15 is 0 Å². The smallest absolute Gasteiger partial charge is 0.306 e. The first kappa shape index (κ1) is 20.8. The van der Waals surface area contributed by atoms with E-state index in [9.17, 15) is 4.79 Å². The molecule has 1 heterocycles. The predicted molar refractivity (Wildman–Crippen MR) is 120 cm³/mol. The Balaban J connectivity index is 1.37. The van der Waals surface area contributed by atoms with Gasteiger partial charge in [-0.05, 0) is 80.3 Å². The highest BCUT2D eigenvalue weighted by atomic mass is 16.5. The number of rotatable bonds is 8. The Morgan fingerprint density at radius 1 is 1.13 bits per heavy atom. The van der Waals surface area contributed by atoms with Gasteiger partial charge in [0.25, 0.3) is 0 Å². The molecule has 2 atom stereocenters. The van der Waals surface area contributed by atoms with E-state index in [0.29, 0.717) is 25.0 Å². The lowest BCUT2D eigenvalue weighted by atomic mass is 9.95. The molecule has 0 aromatic heterocycles. The summed E-state index contributed by atoms with van der Waals surface area (Å²) in [4.78, 5) is 14.1. The van der Waals surface area contributed by atoms with Gasteiger partial charge in [0.2, 0.25) is 0 Å². The summed E-state index contributed by atoms with van der Waals surface area (Å²) < 4.78 is 10.7. The summed E-state index contributed by atoms with van der Waals surface area (Å²) in [6.45, 7) is 6.40. The summed E-state index contributed by atoms with van der Waals surface area (Å²) in [6.07, 6.45) is 5.89. The second kappa shape index (κ2) is 9.55. The Morgan fingerprint density at radius 3 is 2.73 bits per heavy atom. The van der Waals surface area contributed by atoms with E-state index in [0.717, 1.165) is 31.7 Å². The first-order chi connectivity index (χ1) is 14.7. The average Bonchev–Trinajstić information content (AvgIpc) is 3.43. The van der Waals surface area contributed by atoms with Gasteiger partial charge in [-0.1, -0.05) is 24.3 Å². The quantitative estimate of drug-likeness (QED) is 0.558. The molecule has 1 saturated carbocycles. The largest absolute Gasteiger partial charge is 0.493 e. The summed E-state index contributed by atoms with van der Waals surface area (Å²) in [5.41, 5.74) is 5.31. The van der Waals surface area contributed by atoms with E-state index in [1.165, 1.54) is 41.6 Å². The predicted octanol–water partition coefficient (Wildman–Crippen LogP) is 5.28. The number of benzene rings is 2. The van der Waals surface area contributed by atoms with E-state index < -0.39 is 0 Å². The van der Waals surface area contributed by atoms with Crippen molar-refractivity contribution in [2.45, 2.75) is 64.3 Å². The maximum Gasteiger partial charge on any atom is 0.306 e. The van der Waals surface area contributed by atoms with Crippen LogP contribution in [-0.2, 0) is 22.4 Å². The number of hydrogen-bond donors (Lipinski definition) is 0. The van der Waals surface area contributed by atoms with Crippen molar-refractivity contribution in [1.29, 1.82) is 0 Å². The first-order valence-corrected chi connectivity index (χ1v) is 11.4. The number of nitrogens with zero attached hydrogens (tertiary/aromatic N) is 1. The van der Waals surface area contributed by atoms with Crippen LogP contribution in [0.15, 0.2) is 42.5 Å². The third kappa shape index (κ3) is 4.63. The number of fused-ring (bicyclic) bond motifs is 1. The fourth-order valence-corrected chi connectivity index (χ4v) is 4.98. The molecule has 4 rings (SSSR count). The SMILES string of the molecule is CCOC(=O)CCc1ccc(C2CCC(N(CC)c3ccc4c(c3)CCO4)C2)cc1. The minimum absolute atomic E-state index is 0.113. The monoisotopic (exact) mass is 407 g/mol. The Kier molecular flexibility index (Phi) is 6.61. The van der Waals surface area contributed by atoms with E-state index in [1.807, 2.05) is 6.92 Å². The molecular weight excluding hydrogens is 374 g/mol. The molecule has 0 amide bonds. The number of carbonyl (C=O) groups excluding carboxylic acids is 1. The van der Waals surface area contributed by atoms with Gasteiger partial charge in [0.1, 0.15) is 5.75 Å². The second-order valence-corrected chi connectivity index (χ2v) is 8.39. The summed E-state index contributed by atoms with van der Waals surface area (Å²) in [6, 6.07) is 16.2. The zero-order valence-electron chi connectivity index (χ0n) is 18.2. The maximum atomic E-state index is 11.6. The van der Waals surface area contributed by atoms with Crippen LogP contribution in [-0.4, -0.2) is 31.8 Å². The van der Waals surface area contributed by atoms with Gasteiger partial charge < -0.3 is 14.4 Å². The topological polar surface area (TPSA) is 38.8 Å². The van der Waals surface area contributed by atoms with Crippen LogP contribution in [0.25, 0.3) is 0 Å². The Bertz CT molecular complexity index is 861. The van der Waals surface area contributed by atoms with Crippen LogP contribution in [0, 0.1) is 0 Å². The van der Waals surface area contributed by atoms with Gasteiger partial charge >= 0.3 is 5.97 Å². The summed E-state index contributed by atoms with van der Waals surface area (Å²) in [5, 5.41) is 0. The molecule has 2 aromatic carbocycles. The highest BCUT2D eigenvalue weighted by Crippen LogP contribution is 2.39. The highest BCUT2D eigenvalue weighted by molar-refractivity contribution is 5.69. The minimum Gasteiger partial charge on any atom is -0.493 e. The fraction of sp³-hybridized carbons (Fsp3) is 0.500. The van der Waals surface area contributed by atoms with Crippen molar-refractivity contribution >= 4 is 11.7 Å². The zero-order chi connectivity index (χ0) is 20.9. The van der Waals surface area contributed by atoms with Crippen LogP contribution in [0.5, 0.6) is 5.75 Å². The van der Waals surface area contributed by atoms with E-state index in [4.69, 9.17) is 9.47 Å². The number of esters is 1. The summed E-state index contributed by atoms with van der Waals surface area (Å²) in [5.74, 6) is 1.56. The van der Waals surface area contributed by atoms with Crippen LogP contribution in [0.4, 0.5) is 5.69 Å². The third-order valence-electron chi connectivity index (χ3n) is 6.57. The molecule has 2 unspecified atom stereocenters. The second-order valence-electron chi connectivity index (χ2n) is 8.39. The van der Waals surface area contributed by atoms with Gasteiger partial charge in [-0.25, -0.2) is 0 Å². The Morgan fingerprint density at radius 2 is 1.97 bits per heavy atom. The molecule has 1 aliphatic carbocycles. The van der Waals surface area contributed by atoms with Crippen molar-refractivity contribution in [3.63, 3.8) is 0 Å². The zero-order valence-corrected chi connectivity index (χ0v) is 18.2. The molecule has 1 aliphatic heterocycles. The van der Waals surface area contributed by atoms with Crippen LogP contribution >= 0.6 is 0 Å². The van der Waals surface area contributed by atoms with Gasteiger partial charge in [0.05, 0.1) is 13.2 Å². The van der Waals surface area contributed by atoms with Crippen molar-refractivity contribution in [2.75, 3.05) is 24.7 Å². The molecule has 160 valence electrons. The van der Waals surface area contributed by atoms with Crippen LogP contribution in [0.2, 0.25) is 0 Å². The number of aryl methyl sites for hydroxylation is 1. The lowest BCUT2D eigenvalue weighted by Crippen LogP contribution is -2.33. The molecule has 0 saturated heterocycles. The molecule has 1 fully saturated rings. The number of anilines is 1. The number of hydrogen-bond acceptors (Lipinski definition) is 4. The van der Waals surface area contributed by atoms with Crippen LogP contribution in [0.1, 0.15) is 62.1 Å². The number of ether oxygens (including phenoxy) is 2. The Hall–Kier alpha value is -2.49. The van der Waals surface area contributed by atoms with Gasteiger partial charge in [0, 0.05) is 31.1 Å². The fourth-order valence-electron chi connectivity index (χ4n) is 4.98. The Labute approximate surface area is 180 Å². The average molecular weight is 408 g/mol. The molecule has 0 N–H and O–H groups in total. The molecule has 4 heteroatoms. The molecule has 0 radical (unpaired) electrons. The van der Waals surface area contributed by atoms with Crippen molar-refractivity contribution in [3.8, 4) is 5.75 Å². The van der Waals surface area contributed by atoms with Crippen molar-refractivity contribution in [1.82, 2.24) is 0 Å². The van der Waals surface area contributed by atoms with E-state index in [-0.39, 0.29) is 5.97 Å². The maximum absolute atomic E-state index is 11.6. The minimum atomic E-state index is -0.113. The van der Waals surface area contributed by atoms with Gasteiger partial charge in [-0.15, -0.1) is 0 Å². The van der Waals surface area contributed by atoms with E-state index in [1.54, 1.807) is 0 Å².